The van der Waals surface area contributed by atoms with Gasteiger partial charge in [0.15, 0.2) is 11.5 Å². The summed E-state index contributed by atoms with van der Waals surface area (Å²) >= 11 is 0. The van der Waals surface area contributed by atoms with Gasteiger partial charge in [-0.3, -0.25) is 4.79 Å². The Morgan fingerprint density at radius 3 is 2.54 bits per heavy atom. The summed E-state index contributed by atoms with van der Waals surface area (Å²) in [7, 11) is 0. The van der Waals surface area contributed by atoms with Crippen molar-refractivity contribution in [3.8, 4) is 11.5 Å². The van der Waals surface area contributed by atoms with E-state index in [1.54, 1.807) is 0 Å². The van der Waals surface area contributed by atoms with E-state index in [1.807, 2.05) is 18.2 Å². The lowest BCUT2D eigenvalue weighted by atomic mass is 10.1. The van der Waals surface area contributed by atoms with Crippen LogP contribution < -0.4 is 20.1 Å². The monoisotopic (exact) mass is 356 g/mol. The van der Waals surface area contributed by atoms with Gasteiger partial charge in [-0.15, -0.1) is 12.4 Å². The van der Waals surface area contributed by atoms with Crippen LogP contribution in [-0.2, 0) is 4.79 Å². The largest absolute Gasteiger partial charge is 0.490 e. The van der Waals surface area contributed by atoms with Crippen LogP contribution in [0.5, 0.6) is 11.5 Å². The van der Waals surface area contributed by atoms with Gasteiger partial charge in [-0.25, -0.2) is 0 Å². The molecule has 24 heavy (non-hydrogen) atoms. The van der Waals surface area contributed by atoms with Crippen LogP contribution >= 0.6 is 12.4 Å². The van der Waals surface area contributed by atoms with Crippen molar-refractivity contribution in [1.82, 2.24) is 5.32 Å². The smallest absolute Gasteiger partial charge is 0.225 e. The van der Waals surface area contributed by atoms with Crippen LogP contribution in [0.25, 0.3) is 0 Å². The molecule has 1 atom stereocenters. The molecule has 0 aromatic heterocycles. The third-order valence-corrected chi connectivity index (χ3v) is 3.75. The van der Waals surface area contributed by atoms with Crippen LogP contribution in [-0.4, -0.2) is 31.7 Å². The lowest BCUT2D eigenvalue weighted by Gasteiger charge is -2.15. The molecule has 1 aliphatic heterocycles. The lowest BCUT2D eigenvalue weighted by Crippen LogP contribution is -2.27. The molecule has 0 saturated carbocycles. The number of ether oxygens (including phenoxy) is 2. The predicted molar refractivity (Wildman–Crippen MR) is 99.5 cm³/mol. The molecule has 136 valence electrons. The van der Waals surface area contributed by atoms with E-state index in [9.17, 15) is 4.79 Å². The molecule has 1 amide bonds. The molecule has 6 heteroatoms. The Morgan fingerprint density at radius 1 is 1.21 bits per heavy atom. The maximum Gasteiger partial charge on any atom is 0.225 e. The first-order valence-electron chi connectivity index (χ1n) is 8.65. The van der Waals surface area contributed by atoms with Crippen LogP contribution in [0.1, 0.15) is 46.0 Å². The second kappa shape index (κ2) is 11.2. The van der Waals surface area contributed by atoms with E-state index in [-0.39, 0.29) is 18.3 Å². The number of anilines is 1. The van der Waals surface area contributed by atoms with Gasteiger partial charge in [0.1, 0.15) is 0 Å². The minimum absolute atomic E-state index is 0. The molecule has 1 saturated heterocycles. The molecule has 1 fully saturated rings. The van der Waals surface area contributed by atoms with Gasteiger partial charge < -0.3 is 20.1 Å². The van der Waals surface area contributed by atoms with Gasteiger partial charge in [0.25, 0.3) is 0 Å². The molecule has 1 aliphatic rings. The van der Waals surface area contributed by atoms with Crippen molar-refractivity contribution in [1.29, 1.82) is 0 Å². The number of hydrogen-bond donors (Lipinski definition) is 2. The normalized spacial score (nSPS) is 16.3. The second-order valence-corrected chi connectivity index (χ2v) is 5.90. The zero-order valence-corrected chi connectivity index (χ0v) is 15.4. The Labute approximate surface area is 150 Å². The van der Waals surface area contributed by atoms with E-state index >= 15 is 0 Å². The summed E-state index contributed by atoms with van der Waals surface area (Å²) in [6.45, 7) is 6.43. The Hall–Kier alpha value is -1.46. The first kappa shape index (κ1) is 20.6. The van der Waals surface area contributed by atoms with Crippen molar-refractivity contribution in [3.63, 3.8) is 0 Å². The molecule has 2 rings (SSSR count). The van der Waals surface area contributed by atoms with Crippen LogP contribution in [0.2, 0.25) is 0 Å². The molecular weight excluding hydrogens is 328 g/mol. The van der Waals surface area contributed by atoms with E-state index in [0.717, 1.165) is 43.7 Å². The zero-order valence-electron chi connectivity index (χ0n) is 14.6. The SMILES string of the molecule is CCCOc1ccc(NC(=O)CC2CCCN2)cc1OCCC.Cl. The van der Waals surface area contributed by atoms with Crippen molar-refractivity contribution in [3.05, 3.63) is 18.2 Å². The molecule has 1 unspecified atom stereocenters. The Kier molecular flexibility index (Phi) is 9.57. The van der Waals surface area contributed by atoms with E-state index in [1.165, 1.54) is 0 Å². The van der Waals surface area contributed by atoms with Crippen LogP contribution in [0.4, 0.5) is 5.69 Å². The fourth-order valence-corrected chi connectivity index (χ4v) is 2.61. The fraction of sp³-hybridized carbons (Fsp3) is 0.611. The van der Waals surface area contributed by atoms with Crippen molar-refractivity contribution in [2.75, 3.05) is 25.1 Å². The van der Waals surface area contributed by atoms with Crippen LogP contribution in [0.15, 0.2) is 18.2 Å². The molecule has 1 aromatic rings. The van der Waals surface area contributed by atoms with E-state index < -0.39 is 0 Å². The summed E-state index contributed by atoms with van der Waals surface area (Å²) in [5.74, 6) is 1.46. The third kappa shape index (κ3) is 6.57. The summed E-state index contributed by atoms with van der Waals surface area (Å²) in [6.07, 6.45) is 4.61. The number of benzene rings is 1. The highest BCUT2D eigenvalue weighted by Crippen LogP contribution is 2.31. The quantitative estimate of drug-likeness (QED) is 0.707. The van der Waals surface area contributed by atoms with E-state index in [4.69, 9.17) is 9.47 Å². The molecule has 0 aliphatic carbocycles. The third-order valence-electron chi connectivity index (χ3n) is 3.75. The molecule has 0 bridgehead atoms. The number of halogens is 1. The lowest BCUT2D eigenvalue weighted by molar-refractivity contribution is -0.116. The molecule has 0 radical (unpaired) electrons. The summed E-state index contributed by atoms with van der Waals surface area (Å²) in [5, 5.41) is 6.29. The number of carbonyl (C=O) groups excluding carboxylic acids is 1. The standard InChI is InChI=1S/C18H28N2O3.ClH/c1-3-10-22-16-8-7-15(12-17(16)23-11-4-2)20-18(21)13-14-6-5-9-19-14;/h7-8,12,14,19H,3-6,9-11,13H2,1-2H3,(H,20,21);1H. The Bertz CT molecular complexity index is 505. The molecule has 2 N–H and O–H groups in total. The van der Waals surface area contributed by atoms with Gasteiger partial charge in [-0.2, -0.15) is 0 Å². The average Bonchev–Trinajstić information content (AvgIpc) is 3.04. The highest BCUT2D eigenvalue weighted by Gasteiger charge is 2.18. The van der Waals surface area contributed by atoms with Gasteiger partial charge in [-0.05, 0) is 44.4 Å². The number of rotatable bonds is 9. The first-order valence-corrected chi connectivity index (χ1v) is 8.65. The zero-order chi connectivity index (χ0) is 16.5. The second-order valence-electron chi connectivity index (χ2n) is 5.90. The number of carbonyl (C=O) groups is 1. The van der Waals surface area contributed by atoms with Gasteiger partial charge in [0.2, 0.25) is 5.91 Å². The minimum Gasteiger partial charge on any atom is -0.490 e. The van der Waals surface area contributed by atoms with Crippen molar-refractivity contribution < 1.29 is 14.3 Å². The summed E-state index contributed by atoms with van der Waals surface area (Å²) in [6, 6.07) is 5.88. The maximum absolute atomic E-state index is 12.1. The molecular formula is C18H29ClN2O3. The molecule has 1 heterocycles. The maximum atomic E-state index is 12.1. The number of nitrogens with one attached hydrogen (secondary N) is 2. The summed E-state index contributed by atoms with van der Waals surface area (Å²) in [4.78, 5) is 12.1. The van der Waals surface area contributed by atoms with Gasteiger partial charge in [-0.1, -0.05) is 13.8 Å². The summed E-state index contributed by atoms with van der Waals surface area (Å²) < 4.78 is 11.5. The number of amides is 1. The topological polar surface area (TPSA) is 59.6 Å². The van der Waals surface area contributed by atoms with E-state index in [0.29, 0.717) is 31.4 Å². The summed E-state index contributed by atoms with van der Waals surface area (Å²) in [5.41, 5.74) is 0.753. The molecule has 1 aromatic carbocycles. The molecule has 0 spiro atoms. The van der Waals surface area contributed by atoms with Crippen molar-refractivity contribution >= 4 is 24.0 Å². The average molecular weight is 357 g/mol. The Balaban J connectivity index is 0.00000288. The van der Waals surface area contributed by atoms with Crippen LogP contribution in [0, 0.1) is 0 Å². The minimum atomic E-state index is 0. The highest BCUT2D eigenvalue weighted by molar-refractivity contribution is 5.91. The molecule has 5 nitrogen and oxygen atoms in total. The van der Waals surface area contributed by atoms with Crippen molar-refractivity contribution in [2.45, 2.75) is 52.0 Å². The van der Waals surface area contributed by atoms with E-state index in [2.05, 4.69) is 24.5 Å². The fourth-order valence-electron chi connectivity index (χ4n) is 2.61. The predicted octanol–water partition coefficient (Wildman–Crippen LogP) is 3.77. The highest BCUT2D eigenvalue weighted by atomic mass is 35.5. The van der Waals surface area contributed by atoms with Gasteiger partial charge >= 0.3 is 0 Å². The van der Waals surface area contributed by atoms with Gasteiger partial charge in [0.05, 0.1) is 13.2 Å². The van der Waals surface area contributed by atoms with Gasteiger partial charge in [0, 0.05) is 24.2 Å². The van der Waals surface area contributed by atoms with Crippen molar-refractivity contribution in [2.24, 2.45) is 0 Å². The first-order chi connectivity index (χ1) is 11.2. The van der Waals surface area contributed by atoms with Crippen LogP contribution in [0.3, 0.4) is 0 Å². The Morgan fingerprint density at radius 2 is 1.92 bits per heavy atom. The number of hydrogen-bond acceptors (Lipinski definition) is 4.